The number of aromatic nitrogens is 2. The largest absolute Gasteiger partial charge is 0.416 e. The summed E-state index contributed by atoms with van der Waals surface area (Å²) in [5.41, 5.74) is 0.523. The summed E-state index contributed by atoms with van der Waals surface area (Å²) < 4.78 is 38.5. The van der Waals surface area contributed by atoms with Gasteiger partial charge in [0.05, 0.1) is 17.5 Å². The molecule has 6 heteroatoms. The highest BCUT2D eigenvalue weighted by Crippen LogP contribution is 2.32. The predicted molar refractivity (Wildman–Crippen MR) is 87.6 cm³/mol. The Balaban J connectivity index is 1.68. The number of halogens is 3. The summed E-state index contributed by atoms with van der Waals surface area (Å²) in [6.07, 6.45) is 0.454. The topological polar surface area (TPSA) is 31.9 Å². The molecule has 1 aromatic carbocycles. The number of imidazole rings is 1. The summed E-state index contributed by atoms with van der Waals surface area (Å²) in [5.74, 6) is 1.45. The first kappa shape index (κ1) is 17.0. The van der Waals surface area contributed by atoms with E-state index in [4.69, 9.17) is 0 Å². The number of hydrogen-bond acceptors (Lipinski definition) is 2. The minimum absolute atomic E-state index is 0.518. The van der Waals surface area contributed by atoms with Gasteiger partial charge in [-0.05, 0) is 50.5 Å². The molecule has 0 radical (unpaired) electrons. The van der Waals surface area contributed by atoms with E-state index in [1.54, 1.807) is 12.3 Å². The van der Waals surface area contributed by atoms with Gasteiger partial charge in [-0.15, -0.1) is 0 Å². The molecule has 0 unspecified atom stereocenters. The average molecular weight is 337 g/mol. The number of alkyl halides is 3. The minimum atomic E-state index is -4.33. The Labute approximate surface area is 139 Å². The van der Waals surface area contributed by atoms with Gasteiger partial charge >= 0.3 is 6.18 Å². The molecule has 0 saturated carbocycles. The molecule has 1 aromatic heterocycles. The van der Waals surface area contributed by atoms with Gasteiger partial charge in [-0.3, -0.25) is 0 Å². The van der Waals surface area contributed by atoms with Crippen molar-refractivity contribution in [3.8, 4) is 11.3 Å². The molecule has 1 aliphatic heterocycles. The number of likely N-dealkylation sites (tertiary alicyclic amines) is 1. The second kappa shape index (κ2) is 6.97. The van der Waals surface area contributed by atoms with Crippen molar-refractivity contribution in [2.45, 2.75) is 32.4 Å². The molecular weight excluding hydrogens is 315 g/mol. The highest BCUT2D eigenvalue weighted by Gasteiger charge is 2.30. The zero-order valence-corrected chi connectivity index (χ0v) is 13.7. The van der Waals surface area contributed by atoms with E-state index in [2.05, 4.69) is 21.8 Å². The standard InChI is InChI=1S/C18H22F3N3/c1-2-24-8-6-13(7-9-24)10-17-22-12-16(23-17)14-4-3-5-15(11-14)18(19,20)21/h3-5,11-13H,2,6-10H2,1H3,(H,22,23). The van der Waals surface area contributed by atoms with E-state index in [1.165, 1.54) is 6.07 Å². The second-order valence-corrected chi connectivity index (χ2v) is 6.40. The molecule has 1 saturated heterocycles. The average Bonchev–Trinajstić information content (AvgIpc) is 3.03. The Morgan fingerprint density at radius 1 is 1.25 bits per heavy atom. The van der Waals surface area contributed by atoms with Crippen LogP contribution in [0.5, 0.6) is 0 Å². The third-order valence-electron chi connectivity index (χ3n) is 4.77. The van der Waals surface area contributed by atoms with Gasteiger partial charge in [-0.1, -0.05) is 19.1 Å². The third-order valence-corrected chi connectivity index (χ3v) is 4.77. The normalized spacial score (nSPS) is 17.3. The lowest BCUT2D eigenvalue weighted by Crippen LogP contribution is -2.34. The van der Waals surface area contributed by atoms with Gasteiger partial charge in [0.2, 0.25) is 0 Å². The van der Waals surface area contributed by atoms with Crippen LogP contribution in [0.15, 0.2) is 30.5 Å². The smallest absolute Gasteiger partial charge is 0.342 e. The number of benzene rings is 1. The Hall–Kier alpha value is -1.82. The summed E-state index contributed by atoms with van der Waals surface area (Å²) >= 11 is 0. The maximum atomic E-state index is 12.8. The number of aromatic amines is 1. The minimum Gasteiger partial charge on any atom is -0.342 e. The lowest BCUT2D eigenvalue weighted by molar-refractivity contribution is -0.137. The molecule has 24 heavy (non-hydrogen) atoms. The Morgan fingerprint density at radius 3 is 2.67 bits per heavy atom. The van der Waals surface area contributed by atoms with E-state index in [-0.39, 0.29) is 0 Å². The van der Waals surface area contributed by atoms with Crippen LogP contribution < -0.4 is 0 Å². The van der Waals surface area contributed by atoms with Crippen molar-refractivity contribution in [2.75, 3.05) is 19.6 Å². The van der Waals surface area contributed by atoms with Gasteiger partial charge in [-0.25, -0.2) is 4.98 Å². The quantitative estimate of drug-likeness (QED) is 0.898. The highest BCUT2D eigenvalue weighted by atomic mass is 19.4. The zero-order valence-electron chi connectivity index (χ0n) is 13.7. The predicted octanol–water partition coefficient (Wildman–Crippen LogP) is 4.37. The fourth-order valence-corrected chi connectivity index (χ4v) is 3.26. The lowest BCUT2D eigenvalue weighted by atomic mass is 9.93. The molecule has 3 rings (SSSR count). The summed E-state index contributed by atoms with van der Waals surface area (Å²) in [6, 6.07) is 5.35. The van der Waals surface area contributed by atoms with Crippen molar-refractivity contribution in [3.05, 3.63) is 41.9 Å². The molecule has 0 spiro atoms. The van der Waals surface area contributed by atoms with Crippen LogP contribution in [0, 0.1) is 5.92 Å². The van der Waals surface area contributed by atoms with Gasteiger partial charge < -0.3 is 9.88 Å². The van der Waals surface area contributed by atoms with E-state index >= 15 is 0 Å². The lowest BCUT2D eigenvalue weighted by Gasteiger charge is -2.30. The van der Waals surface area contributed by atoms with Crippen LogP contribution in [0.4, 0.5) is 13.2 Å². The number of piperidine rings is 1. The number of nitrogens with zero attached hydrogens (tertiary/aromatic N) is 2. The zero-order chi connectivity index (χ0) is 17.2. The molecule has 2 heterocycles. The van der Waals surface area contributed by atoms with E-state index in [0.717, 1.165) is 56.9 Å². The van der Waals surface area contributed by atoms with E-state index < -0.39 is 11.7 Å². The molecule has 1 fully saturated rings. The first-order valence-corrected chi connectivity index (χ1v) is 8.39. The van der Waals surface area contributed by atoms with Crippen molar-refractivity contribution in [3.63, 3.8) is 0 Å². The molecule has 130 valence electrons. The van der Waals surface area contributed by atoms with Crippen molar-refractivity contribution < 1.29 is 13.2 Å². The van der Waals surface area contributed by atoms with Crippen LogP contribution in [0.25, 0.3) is 11.3 Å². The summed E-state index contributed by atoms with van der Waals surface area (Å²) in [4.78, 5) is 9.99. The molecule has 0 atom stereocenters. The van der Waals surface area contributed by atoms with E-state index in [0.29, 0.717) is 17.2 Å². The molecule has 0 bridgehead atoms. The van der Waals surface area contributed by atoms with Crippen molar-refractivity contribution in [1.29, 1.82) is 0 Å². The maximum Gasteiger partial charge on any atom is 0.416 e. The molecule has 0 amide bonds. The van der Waals surface area contributed by atoms with Crippen molar-refractivity contribution in [2.24, 2.45) is 5.92 Å². The number of nitrogens with one attached hydrogen (secondary N) is 1. The van der Waals surface area contributed by atoms with Crippen LogP contribution in [-0.4, -0.2) is 34.5 Å². The van der Waals surface area contributed by atoms with Gasteiger partial charge in [0.15, 0.2) is 0 Å². The van der Waals surface area contributed by atoms with E-state index in [9.17, 15) is 13.2 Å². The van der Waals surface area contributed by atoms with Gasteiger partial charge in [0, 0.05) is 12.0 Å². The number of rotatable bonds is 4. The Kier molecular flexibility index (Phi) is 4.94. The number of H-pyrrole nitrogens is 1. The fourth-order valence-electron chi connectivity index (χ4n) is 3.26. The second-order valence-electron chi connectivity index (χ2n) is 6.40. The number of hydrogen-bond donors (Lipinski definition) is 1. The first-order chi connectivity index (χ1) is 11.5. The monoisotopic (exact) mass is 337 g/mol. The van der Waals surface area contributed by atoms with Crippen molar-refractivity contribution in [1.82, 2.24) is 14.9 Å². The summed E-state index contributed by atoms with van der Waals surface area (Å²) in [7, 11) is 0. The molecule has 2 aromatic rings. The van der Waals surface area contributed by atoms with Crippen LogP contribution in [0.2, 0.25) is 0 Å². The third kappa shape index (κ3) is 3.98. The maximum absolute atomic E-state index is 12.8. The van der Waals surface area contributed by atoms with Gasteiger partial charge in [-0.2, -0.15) is 13.2 Å². The van der Waals surface area contributed by atoms with E-state index in [1.807, 2.05) is 0 Å². The van der Waals surface area contributed by atoms with Crippen LogP contribution in [-0.2, 0) is 12.6 Å². The Morgan fingerprint density at radius 2 is 2.00 bits per heavy atom. The fraction of sp³-hybridized carbons (Fsp3) is 0.500. The molecule has 1 N–H and O–H groups in total. The molecule has 0 aliphatic carbocycles. The Bertz CT molecular complexity index is 670. The molecule has 1 aliphatic rings. The summed E-state index contributed by atoms with van der Waals surface area (Å²) in [5, 5.41) is 0. The van der Waals surface area contributed by atoms with Crippen LogP contribution >= 0.6 is 0 Å². The van der Waals surface area contributed by atoms with Crippen LogP contribution in [0.3, 0.4) is 0 Å². The summed E-state index contributed by atoms with van der Waals surface area (Å²) in [6.45, 7) is 5.49. The van der Waals surface area contributed by atoms with Crippen molar-refractivity contribution >= 4 is 0 Å². The molecular formula is C18H22F3N3. The van der Waals surface area contributed by atoms with Crippen LogP contribution in [0.1, 0.15) is 31.2 Å². The van der Waals surface area contributed by atoms with Gasteiger partial charge in [0.1, 0.15) is 5.82 Å². The SMILES string of the molecule is CCN1CCC(Cc2ncc(-c3cccc(C(F)(F)F)c3)[nH]2)CC1. The molecule has 3 nitrogen and oxygen atoms in total. The highest BCUT2D eigenvalue weighted by molar-refractivity contribution is 5.59. The first-order valence-electron chi connectivity index (χ1n) is 8.39. The van der Waals surface area contributed by atoms with Gasteiger partial charge in [0.25, 0.3) is 0 Å².